The minimum atomic E-state index is -1.18. The van der Waals surface area contributed by atoms with Crippen molar-refractivity contribution < 1.29 is 19.8 Å². The Morgan fingerprint density at radius 1 is 1.21 bits per heavy atom. The van der Waals surface area contributed by atoms with Crippen molar-refractivity contribution in [2.24, 2.45) is 0 Å². The molecule has 0 aliphatic carbocycles. The first-order valence-electron chi connectivity index (χ1n) is 5.92. The van der Waals surface area contributed by atoms with Gasteiger partial charge in [0.05, 0.1) is 0 Å². The number of aryl methyl sites for hydroxylation is 2. The van der Waals surface area contributed by atoms with Crippen molar-refractivity contribution in [3.8, 4) is 0 Å². The molecule has 1 atom stereocenters. The molecule has 1 aromatic carbocycles. The lowest BCUT2D eigenvalue weighted by molar-refractivity contribution is -0.139. The molecular weight excluding hydrogens is 248 g/mol. The van der Waals surface area contributed by atoms with Crippen LogP contribution in [0.15, 0.2) is 18.2 Å². The van der Waals surface area contributed by atoms with E-state index in [0.717, 1.165) is 11.1 Å². The minimum absolute atomic E-state index is 0.0321. The number of amides is 2. The van der Waals surface area contributed by atoms with E-state index in [0.29, 0.717) is 5.69 Å². The van der Waals surface area contributed by atoms with Gasteiger partial charge < -0.3 is 20.8 Å². The second-order valence-corrected chi connectivity index (χ2v) is 4.38. The molecule has 0 heterocycles. The van der Waals surface area contributed by atoms with Crippen molar-refractivity contribution in [2.75, 3.05) is 11.9 Å². The molecule has 0 fully saturated rings. The molecule has 104 valence electrons. The minimum Gasteiger partial charge on any atom is -0.480 e. The molecule has 0 saturated carbocycles. The first kappa shape index (κ1) is 15.0. The van der Waals surface area contributed by atoms with Crippen molar-refractivity contribution in [1.82, 2.24) is 5.32 Å². The number of carbonyl (C=O) groups is 2. The number of carboxylic acids is 1. The number of aliphatic hydroxyl groups excluding tert-OH is 1. The molecule has 0 aliphatic rings. The maximum absolute atomic E-state index is 11.7. The van der Waals surface area contributed by atoms with Gasteiger partial charge in [-0.1, -0.05) is 6.07 Å². The lowest BCUT2D eigenvalue weighted by Crippen LogP contribution is -2.43. The van der Waals surface area contributed by atoms with Crippen molar-refractivity contribution in [2.45, 2.75) is 26.3 Å². The van der Waals surface area contributed by atoms with E-state index in [9.17, 15) is 9.59 Å². The normalized spacial score (nSPS) is 11.7. The molecule has 1 unspecified atom stereocenters. The quantitative estimate of drug-likeness (QED) is 0.644. The van der Waals surface area contributed by atoms with Crippen LogP contribution in [-0.2, 0) is 4.79 Å². The van der Waals surface area contributed by atoms with Gasteiger partial charge in [0.1, 0.15) is 6.04 Å². The molecule has 19 heavy (non-hydrogen) atoms. The summed E-state index contributed by atoms with van der Waals surface area (Å²) < 4.78 is 0. The SMILES string of the molecule is Cc1cc(C)cc(NC(=O)NC(CCO)C(=O)O)c1. The van der Waals surface area contributed by atoms with E-state index in [2.05, 4.69) is 10.6 Å². The summed E-state index contributed by atoms with van der Waals surface area (Å²) in [6.45, 7) is 3.50. The molecule has 0 radical (unpaired) electrons. The smallest absolute Gasteiger partial charge is 0.326 e. The number of anilines is 1. The Balaban J connectivity index is 2.66. The number of benzene rings is 1. The average Bonchev–Trinajstić information content (AvgIpc) is 2.26. The van der Waals surface area contributed by atoms with Gasteiger partial charge in [0.25, 0.3) is 0 Å². The fourth-order valence-corrected chi connectivity index (χ4v) is 1.76. The zero-order valence-corrected chi connectivity index (χ0v) is 10.9. The highest BCUT2D eigenvalue weighted by Crippen LogP contribution is 2.13. The van der Waals surface area contributed by atoms with Crippen LogP contribution >= 0.6 is 0 Å². The van der Waals surface area contributed by atoms with Gasteiger partial charge in [0.15, 0.2) is 0 Å². The van der Waals surface area contributed by atoms with Crippen LogP contribution in [0.25, 0.3) is 0 Å². The largest absolute Gasteiger partial charge is 0.480 e. The summed E-state index contributed by atoms with van der Waals surface area (Å²) in [6, 6.07) is 3.83. The van der Waals surface area contributed by atoms with E-state index >= 15 is 0 Å². The molecule has 2 amide bonds. The van der Waals surface area contributed by atoms with Crippen molar-refractivity contribution in [1.29, 1.82) is 0 Å². The van der Waals surface area contributed by atoms with Crippen molar-refractivity contribution >= 4 is 17.7 Å². The fourth-order valence-electron chi connectivity index (χ4n) is 1.76. The van der Waals surface area contributed by atoms with Gasteiger partial charge >= 0.3 is 12.0 Å². The van der Waals surface area contributed by atoms with Crippen LogP contribution in [-0.4, -0.2) is 34.9 Å². The van der Waals surface area contributed by atoms with E-state index in [4.69, 9.17) is 10.2 Å². The molecule has 0 aromatic heterocycles. The number of hydrogen-bond acceptors (Lipinski definition) is 3. The van der Waals surface area contributed by atoms with E-state index in [1.165, 1.54) is 0 Å². The topological polar surface area (TPSA) is 98.7 Å². The first-order valence-corrected chi connectivity index (χ1v) is 5.92. The van der Waals surface area contributed by atoms with Crippen LogP contribution in [0.3, 0.4) is 0 Å². The lowest BCUT2D eigenvalue weighted by atomic mass is 10.1. The molecule has 0 bridgehead atoms. The first-order chi connectivity index (χ1) is 8.92. The Morgan fingerprint density at radius 3 is 2.26 bits per heavy atom. The van der Waals surface area contributed by atoms with E-state index < -0.39 is 18.0 Å². The van der Waals surface area contributed by atoms with Crippen LogP contribution in [0.2, 0.25) is 0 Å². The van der Waals surface area contributed by atoms with Crippen molar-refractivity contribution in [3.05, 3.63) is 29.3 Å². The third kappa shape index (κ3) is 4.97. The number of rotatable bonds is 5. The number of carbonyl (C=O) groups excluding carboxylic acids is 1. The predicted molar refractivity (Wildman–Crippen MR) is 71.2 cm³/mol. The lowest BCUT2D eigenvalue weighted by Gasteiger charge is -2.14. The number of carboxylic acid groups (broad SMARTS) is 1. The molecule has 1 rings (SSSR count). The highest BCUT2D eigenvalue weighted by atomic mass is 16.4. The fraction of sp³-hybridized carbons (Fsp3) is 0.385. The number of aliphatic carboxylic acids is 1. The van der Waals surface area contributed by atoms with Gasteiger partial charge in [-0.15, -0.1) is 0 Å². The van der Waals surface area contributed by atoms with Crippen LogP contribution in [0.4, 0.5) is 10.5 Å². The Hall–Kier alpha value is -2.08. The van der Waals surface area contributed by atoms with E-state index in [1.807, 2.05) is 19.9 Å². The Bertz CT molecular complexity index is 453. The Morgan fingerprint density at radius 2 is 1.79 bits per heavy atom. The summed E-state index contributed by atoms with van der Waals surface area (Å²) in [6.07, 6.45) is -0.0321. The summed E-state index contributed by atoms with van der Waals surface area (Å²) in [5.74, 6) is -1.18. The molecule has 0 saturated heterocycles. The van der Waals surface area contributed by atoms with Crippen molar-refractivity contribution in [3.63, 3.8) is 0 Å². The molecule has 0 spiro atoms. The molecule has 4 N–H and O–H groups in total. The Labute approximate surface area is 111 Å². The van der Waals surface area contributed by atoms with Gasteiger partial charge in [0.2, 0.25) is 0 Å². The third-order valence-electron chi connectivity index (χ3n) is 2.50. The van der Waals surface area contributed by atoms with Crippen LogP contribution in [0, 0.1) is 13.8 Å². The van der Waals surface area contributed by atoms with Gasteiger partial charge in [0, 0.05) is 18.7 Å². The molecule has 1 aromatic rings. The number of nitrogens with one attached hydrogen (secondary N) is 2. The van der Waals surface area contributed by atoms with Crippen LogP contribution in [0.5, 0.6) is 0 Å². The summed E-state index contributed by atoms with van der Waals surface area (Å²) in [5, 5.41) is 22.4. The van der Waals surface area contributed by atoms with Crippen LogP contribution < -0.4 is 10.6 Å². The van der Waals surface area contributed by atoms with Gasteiger partial charge in [-0.05, 0) is 37.1 Å². The summed E-state index contributed by atoms with van der Waals surface area (Å²) in [5.41, 5.74) is 2.60. The van der Waals surface area contributed by atoms with Gasteiger partial charge in [-0.3, -0.25) is 0 Å². The number of aliphatic hydroxyl groups is 1. The summed E-state index contributed by atoms with van der Waals surface area (Å²) in [7, 11) is 0. The monoisotopic (exact) mass is 266 g/mol. The van der Waals surface area contributed by atoms with Gasteiger partial charge in [-0.25, -0.2) is 9.59 Å². The highest BCUT2D eigenvalue weighted by Gasteiger charge is 2.19. The van der Waals surface area contributed by atoms with Crippen LogP contribution in [0.1, 0.15) is 17.5 Å². The zero-order valence-electron chi connectivity index (χ0n) is 10.9. The predicted octanol–water partition coefficient (Wildman–Crippen LogP) is 1.26. The average molecular weight is 266 g/mol. The Kier molecular flexibility index (Phi) is 5.32. The standard InChI is InChI=1S/C13H18N2O4/c1-8-5-9(2)7-10(6-8)14-13(19)15-11(3-4-16)12(17)18/h5-7,11,16H,3-4H2,1-2H3,(H,17,18)(H2,14,15,19). The maximum Gasteiger partial charge on any atom is 0.326 e. The second kappa shape index (κ2) is 6.75. The molecular formula is C13H18N2O4. The summed E-state index contributed by atoms with van der Waals surface area (Å²) >= 11 is 0. The molecule has 0 aliphatic heterocycles. The molecule has 6 nitrogen and oxygen atoms in total. The summed E-state index contributed by atoms with van der Waals surface area (Å²) in [4.78, 5) is 22.5. The number of hydrogen-bond donors (Lipinski definition) is 4. The van der Waals surface area contributed by atoms with E-state index in [1.54, 1.807) is 12.1 Å². The molecule has 6 heteroatoms. The maximum atomic E-state index is 11.7. The third-order valence-corrected chi connectivity index (χ3v) is 2.50. The van der Waals surface area contributed by atoms with E-state index in [-0.39, 0.29) is 13.0 Å². The number of urea groups is 1. The van der Waals surface area contributed by atoms with Gasteiger partial charge in [-0.2, -0.15) is 0 Å². The highest BCUT2D eigenvalue weighted by molar-refractivity contribution is 5.92. The zero-order chi connectivity index (χ0) is 14.4. The second-order valence-electron chi connectivity index (χ2n) is 4.38.